The quantitative estimate of drug-likeness (QED) is 0.614. The third kappa shape index (κ3) is 5.38. The zero-order chi connectivity index (χ0) is 20.4. The lowest BCUT2D eigenvalue weighted by Crippen LogP contribution is -2.21. The second-order valence-corrected chi connectivity index (χ2v) is 10.3. The van der Waals surface area contributed by atoms with E-state index in [0.29, 0.717) is 10.2 Å². The first kappa shape index (κ1) is 21.5. The van der Waals surface area contributed by atoms with Crippen molar-refractivity contribution in [2.45, 2.75) is 29.7 Å². The summed E-state index contributed by atoms with van der Waals surface area (Å²) >= 11 is 3.30. The minimum Gasteiger partial charge on any atom is -0.490 e. The molecule has 0 bridgehead atoms. The normalized spacial score (nSPS) is 12.2. The molecule has 0 saturated carbocycles. The summed E-state index contributed by atoms with van der Waals surface area (Å²) in [5.41, 5.74) is 0.130. The Kier molecular flexibility index (Phi) is 6.46. The molecule has 0 unspecified atom stereocenters. The van der Waals surface area contributed by atoms with Crippen LogP contribution in [-0.4, -0.2) is 34.5 Å². The number of benzene rings is 2. The van der Waals surface area contributed by atoms with Crippen molar-refractivity contribution in [3.8, 4) is 5.75 Å². The predicted octanol–water partition coefficient (Wildman–Crippen LogP) is 2.54. The summed E-state index contributed by atoms with van der Waals surface area (Å²) in [6.07, 6.45) is -0.142. The van der Waals surface area contributed by atoms with Gasteiger partial charge < -0.3 is 4.74 Å². The number of primary sulfonamides is 1. The zero-order valence-electron chi connectivity index (χ0n) is 14.5. The highest BCUT2D eigenvalue weighted by atomic mass is 79.9. The first-order valence-electron chi connectivity index (χ1n) is 7.76. The molecule has 0 aromatic heterocycles. The summed E-state index contributed by atoms with van der Waals surface area (Å²) in [6.45, 7) is 3.63. The fourth-order valence-electron chi connectivity index (χ4n) is 2.30. The van der Waals surface area contributed by atoms with E-state index in [9.17, 15) is 21.6 Å². The molecule has 0 aliphatic heterocycles. The average molecular weight is 476 g/mol. The van der Waals surface area contributed by atoms with Gasteiger partial charge in [0.15, 0.2) is 15.6 Å². The van der Waals surface area contributed by atoms with Crippen molar-refractivity contribution in [2.75, 3.05) is 5.75 Å². The third-order valence-electron chi connectivity index (χ3n) is 3.43. The van der Waals surface area contributed by atoms with E-state index in [-0.39, 0.29) is 11.7 Å². The molecule has 7 nitrogen and oxygen atoms in total. The van der Waals surface area contributed by atoms with Crippen LogP contribution in [0.4, 0.5) is 0 Å². The molecule has 2 rings (SSSR count). The molecule has 0 atom stereocenters. The van der Waals surface area contributed by atoms with Crippen molar-refractivity contribution in [3.05, 3.63) is 52.5 Å². The number of sulfonamides is 1. The fraction of sp³-hybridized carbons (Fsp3) is 0.235. The average Bonchev–Trinajstić information content (AvgIpc) is 2.55. The molecule has 146 valence electrons. The van der Waals surface area contributed by atoms with Gasteiger partial charge >= 0.3 is 0 Å². The highest BCUT2D eigenvalue weighted by Gasteiger charge is 2.27. The third-order valence-corrected chi connectivity index (χ3v) is 6.85. The molecule has 2 N–H and O–H groups in total. The summed E-state index contributed by atoms with van der Waals surface area (Å²) < 4.78 is 54.7. The van der Waals surface area contributed by atoms with Gasteiger partial charge in [-0.25, -0.2) is 22.0 Å². The molecule has 2 aromatic rings. The van der Waals surface area contributed by atoms with Crippen molar-refractivity contribution >= 4 is 41.6 Å². The summed E-state index contributed by atoms with van der Waals surface area (Å²) in [6, 6.07) is 9.38. The molecule has 0 saturated heterocycles. The minimum atomic E-state index is -4.26. The van der Waals surface area contributed by atoms with Gasteiger partial charge in [-0.1, -0.05) is 12.1 Å². The minimum absolute atomic E-state index is 0.130. The second-order valence-electron chi connectivity index (χ2n) is 5.99. The van der Waals surface area contributed by atoms with Gasteiger partial charge in [-0.2, -0.15) is 0 Å². The molecule has 0 amide bonds. The number of hydrogen-bond acceptors (Lipinski definition) is 6. The standard InChI is InChI=1S/C17H18BrNO6S2/c1-11(2)25-15-9-12(7-8-13(15)18)14(20)10-26(21,22)16-5-3-4-6-17(16)27(19,23)24/h3-9,11H,10H2,1-2H3,(H2,19,23,24). The van der Waals surface area contributed by atoms with Gasteiger partial charge in [-0.3, -0.25) is 4.79 Å². The van der Waals surface area contributed by atoms with E-state index in [1.807, 2.05) is 13.8 Å². The van der Waals surface area contributed by atoms with E-state index in [4.69, 9.17) is 9.88 Å². The smallest absolute Gasteiger partial charge is 0.239 e. The van der Waals surface area contributed by atoms with Crippen molar-refractivity contribution in [2.24, 2.45) is 5.14 Å². The number of carbonyl (C=O) groups excluding carboxylic acids is 1. The van der Waals surface area contributed by atoms with Crippen LogP contribution in [0.3, 0.4) is 0 Å². The zero-order valence-corrected chi connectivity index (χ0v) is 17.8. The maximum Gasteiger partial charge on any atom is 0.239 e. The van der Waals surface area contributed by atoms with E-state index in [2.05, 4.69) is 15.9 Å². The Morgan fingerprint density at radius 1 is 1.07 bits per heavy atom. The SMILES string of the molecule is CC(C)Oc1cc(C(=O)CS(=O)(=O)c2ccccc2S(N)(=O)=O)ccc1Br. The van der Waals surface area contributed by atoms with Crippen LogP contribution >= 0.6 is 15.9 Å². The Labute approximate surface area is 166 Å². The molecular formula is C17H18BrNO6S2. The molecule has 0 radical (unpaired) electrons. The molecule has 27 heavy (non-hydrogen) atoms. The number of rotatable bonds is 7. The Bertz CT molecular complexity index is 1080. The Morgan fingerprint density at radius 2 is 1.67 bits per heavy atom. The number of halogens is 1. The van der Waals surface area contributed by atoms with Gasteiger partial charge in [0.05, 0.1) is 15.5 Å². The van der Waals surface area contributed by atoms with Gasteiger partial charge in [0.1, 0.15) is 16.4 Å². The van der Waals surface area contributed by atoms with Crippen LogP contribution in [-0.2, 0) is 19.9 Å². The molecule has 0 heterocycles. The number of ketones is 1. The first-order valence-corrected chi connectivity index (χ1v) is 11.7. The highest BCUT2D eigenvalue weighted by Crippen LogP contribution is 2.28. The topological polar surface area (TPSA) is 121 Å². The number of sulfone groups is 1. The number of carbonyl (C=O) groups is 1. The second kappa shape index (κ2) is 8.09. The maximum atomic E-state index is 12.6. The van der Waals surface area contributed by atoms with Crippen molar-refractivity contribution in [1.82, 2.24) is 0 Å². The number of ether oxygens (including phenoxy) is 1. The van der Waals surface area contributed by atoms with Crippen LogP contribution in [0.5, 0.6) is 5.75 Å². The van der Waals surface area contributed by atoms with Gasteiger partial charge in [0, 0.05) is 5.56 Å². The van der Waals surface area contributed by atoms with Crippen molar-refractivity contribution < 1.29 is 26.4 Å². The van der Waals surface area contributed by atoms with Crippen LogP contribution in [0, 0.1) is 0 Å². The van der Waals surface area contributed by atoms with Crippen LogP contribution in [0.2, 0.25) is 0 Å². The number of hydrogen-bond donors (Lipinski definition) is 1. The Morgan fingerprint density at radius 3 is 2.22 bits per heavy atom. The molecule has 0 fully saturated rings. The van der Waals surface area contributed by atoms with Gasteiger partial charge in [-0.15, -0.1) is 0 Å². The summed E-state index contributed by atoms with van der Waals surface area (Å²) in [5, 5.41) is 5.08. The molecule has 2 aromatic carbocycles. The van der Waals surface area contributed by atoms with Crippen LogP contribution < -0.4 is 9.88 Å². The largest absolute Gasteiger partial charge is 0.490 e. The van der Waals surface area contributed by atoms with Gasteiger partial charge in [0.2, 0.25) is 10.0 Å². The van der Waals surface area contributed by atoms with E-state index < -0.39 is 41.2 Å². The summed E-state index contributed by atoms with van der Waals surface area (Å²) in [5.74, 6) is -1.19. The van der Waals surface area contributed by atoms with Gasteiger partial charge in [0.25, 0.3) is 0 Å². The molecule has 0 aliphatic rings. The monoisotopic (exact) mass is 475 g/mol. The molecular weight excluding hydrogens is 458 g/mol. The van der Waals surface area contributed by atoms with Crippen LogP contribution in [0.1, 0.15) is 24.2 Å². The fourth-order valence-corrected chi connectivity index (χ4v) is 5.31. The van der Waals surface area contributed by atoms with E-state index >= 15 is 0 Å². The Balaban J connectivity index is 2.39. The predicted molar refractivity (Wildman–Crippen MR) is 104 cm³/mol. The van der Waals surface area contributed by atoms with Crippen molar-refractivity contribution in [3.63, 3.8) is 0 Å². The molecule has 0 aliphatic carbocycles. The van der Waals surface area contributed by atoms with E-state index in [1.54, 1.807) is 6.07 Å². The van der Waals surface area contributed by atoms with Crippen LogP contribution in [0.15, 0.2) is 56.7 Å². The molecule has 0 spiro atoms. The number of Topliss-reactive ketones (excluding diaryl/α,β-unsaturated/α-hetero) is 1. The lowest BCUT2D eigenvalue weighted by atomic mass is 10.1. The lowest BCUT2D eigenvalue weighted by molar-refractivity contribution is 0.102. The summed E-state index contributed by atoms with van der Waals surface area (Å²) in [7, 11) is -8.49. The lowest BCUT2D eigenvalue weighted by Gasteiger charge is -2.13. The highest BCUT2D eigenvalue weighted by molar-refractivity contribution is 9.10. The first-order chi connectivity index (χ1) is 12.4. The summed E-state index contributed by atoms with van der Waals surface area (Å²) in [4.78, 5) is 11.5. The number of nitrogens with two attached hydrogens (primary N) is 1. The molecule has 10 heteroatoms. The van der Waals surface area contributed by atoms with E-state index in [0.717, 1.165) is 12.1 Å². The maximum absolute atomic E-state index is 12.6. The Hall–Kier alpha value is -1.75. The van der Waals surface area contributed by atoms with E-state index in [1.165, 1.54) is 24.3 Å². The van der Waals surface area contributed by atoms with Crippen molar-refractivity contribution in [1.29, 1.82) is 0 Å². The van der Waals surface area contributed by atoms with Crippen LogP contribution in [0.25, 0.3) is 0 Å². The van der Waals surface area contributed by atoms with Gasteiger partial charge in [-0.05, 0) is 60.1 Å².